The molecule has 1 unspecified atom stereocenters. The van der Waals surface area contributed by atoms with Crippen molar-refractivity contribution in [2.24, 2.45) is 0 Å². The van der Waals surface area contributed by atoms with Gasteiger partial charge in [0.1, 0.15) is 5.82 Å². The van der Waals surface area contributed by atoms with Crippen LogP contribution in [0.25, 0.3) is 0 Å². The zero-order valence-corrected chi connectivity index (χ0v) is 13.8. The van der Waals surface area contributed by atoms with E-state index in [-0.39, 0.29) is 6.42 Å². The number of aryl methyl sites for hydroxylation is 2. The van der Waals surface area contributed by atoms with Crippen molar-refractivity contribution in [2.45, 2.75) is 32.8 Å². The van der Waals surface area contributed by atoms with Gasteiger partial charge in [-0.15, -0.1) is 0 Å². The second-order valence-electron chi connectivity index (χ2n) is 6.35. The van der Waals surface area contributed by atoms with Crippen LogP contribution in [0.4, 0.5) is 10.1 Å². The molecule has 4 nitrogen and oxygen atoms in total. The topological polar surface area (TPSA) is 55.4 Å². The summed E-state index contributed by atoms with van der Waals surface area (Å²) < 4.78 is 18.8. The van der Waals surface area contributed by atoms with E-state index in [1.807, 2.05) is 26.0 Å². The Morgan fingerprint density at radius 2 is 1.92 bits per heavy atom. The first kappa shape index (κ1) is 16.2. The number of hydrogen-bond acceptors (Lipinski definition) is 3. The van der Waals surface area contributed by atoms with Crippen molar-refractivity contribution in [2.75, 3.05) is 5.32 Å². The van der Waals surface area contributed by atoms with E-state index in [1.165, 1.54) is 25.1 Å². The lowest BCUT2D eigenvalue weighted by molar-refractivity contribution is -0.134. The van der Waals surface area contributed by atoms with Crippen LogP contribution in [0.2, 0.25) is 0 Å². The first-order chi connectivity index (χ1) is 11.3. The molecule has 2 aromatic rings. The van der Waals surface area contributed by atoms with Crippen molar-refractivity contribution < 1.29 is 18.7 Å². The summed E-state index contributed by atoms with van der Waals surface area (Å²) in [7, 11) is 0. The van der Waals surface area contributed by atoms with Crippen LogP contribution in [-0.2, 0) is 16.0 Å². The number of halogens is 1. The van der Waals surface area contributed by atoms with Crippen molar-refractivity contribution in [3.05, 3.63) is 64.5 Å². The third-order valence-corrected chi connectivity index (χ3v) is 4.38. The van der Waals surface area contributed by atoms with Crippen molar-refractivity contribution in [3.8, 4) is 0 Å². The molecule has 0 saturated heterocycles. The van der Waals surface area contributed by atoms with E-state index >= 15 is 0 Å². The van der Waals surface area contributed by atoms with Gasteiger partial charge in [-0.2, -0.15) is 0 Å². The van der Waals surface area contributed by atoms with Gasteiger partial charge in [0.25, 0.3) is 5.91 Å². The van der Waals surface area contributed by atoms with Gasteiger partial charge in [0.15, 0.2) is 5.60 Å². The number of amides is 1. The third kappa shape index (κ3) is 2.89. The molecular formula is C19H18FNO3. The molecule has 1 amide bonds. The summed E-state index contributed by atoms with van der Waals surface area (Å²) >= 11 is 0. The van der Waals surface area contributed by atoms with Crippen LogP contribution in [-0.4, -0.2) is 17.5 Å². The molecule has 1 aliphatic rings. The van der Waals surface area contributed by atoms with Gasteiger partial charge in [-0.05, 0) is 67.8 Å². The summed E-state index contributed by atoms with van der Waals surface area (Å²) in [4.78, 5) is 24.8. The fraction of sp³-hybridized carbons (Fsp3) is 0.263. The number of ether oxygens (including phenoxy) is 1. The summed E-state index contributed by atoms with van der Waals surface area (Å²) in [5.41, 5.74) is 2.19. The van der Waals surface area contributed by atoms with Crippen molar-refractivity contribution in [1.82, 2.24) is 0 Å². The minimum absolute atomic E-state index is 0.127. The summed E-state index contributed by atoms with van der Waals surface area (Å²) in [5.74, 6) is -1.50. The normalized spacial score (nSPS) is 19.4. The van der Waals surface area contributed by atoms with E-state index in [0.29, 0.717) is 16.8 Å². The third-order valence-electron chi connectivity index (χ3n) is 4.38. The van der Waals surface area contributed by atoms with Gasteiger partial charge in [-0.3, -0.25) is 4.79 Å². The fourth-order valence-corrected chi connectivity index (χ4v) is 2.78. The summed E-state index contributed by atoms with van der Waals surface area (Å²) in [6.07, 6.45) is 0.127. The monoisotopic (exact) mass is 327 g/mol. The highest BCUT2D eigenvalue weighted by molar-refractivity contribution is 6.02. The van der Waals surface area contributed by atoms with Crippen LogP contribution in [0.1, 0.15) is 34.0 Å². The number of hydrogen-bond donors (Lipinski definition) is 1. The van der Waals surface area contributed by atoms with E-state index in [9.17, 15) is 14.0 Å². The molecule has 0 aromatic heterocycles. The number of nitrogens with one attached hydrogen (secondary N) is 1. The molecular weight excluding hydrogens is 309 g/mol. The molecule has 1 atom stereocenters. The zero-order chi connectivity index (χ0) is 17.5. The molecule has 1 N–H and O–H groups in total. The van der Waals surface area contributed by atoms with Crippen molar-refractivity contribution in [3.63, 3.8) is 0 Å². The maximum absolute atomic E-state index is 13.5. The van der Waals surface area contributed by atoms with Gasteiger partial charge in [0.05, 0.1) is 5.56 Å². The molecule has 3 rings (SSSR count). The molecule has 5 heteroatoms. The first-order valence-corrected chi connectivity index (χ1v) is 7.69. The number of cyclic esters (lactones) is 1. The van der Waals surface area contributed by atoms with E-state index in [1.54, 1.807) is 6.07 Å². The highest BCUT2D eigenvalue weighted by Crippen LogP contribution is 2.30. The predicted octanol–water partition coefficient (Wildman–Crippen LogP) is 3.55. The Balaban J connectivity index is 1.86. The van der Waals surface area contributed by atoms with Crippen LogP contribution in [0, 0.1) is 19.7 Å². The predicted molar refractivity (Wildman–Crippen MR) is 88.5 cm³/mol. The molecule has 0 spiro atoms. The van der Waals surface area contributed by atoms with Crippen LogP contribution in [0.15, 0.2) is 36.4 Å². The van der Waals surface area contributed by atoms with E-state index < -0.39 is 23.3 Å². The summed E-state index contributed by atoms with van der Waals surface area (Å²) in [5, 5.41) is 2.78. The van der Waals surface area contributed by atoms with Crippen LogP contribution in [0.3, 0.4) is 0 Å². The molecule has 2 aromatic carbocycles. The van der Waals surface area contributed by atoms with Crippen molar-refractivity contribution >= 4 is 17.6 Å². The highest BCUT2D eigenvalue weighted by atomic mass is 19.1. The van der Waals surface area contributed by atoms with E-state index in [0.717, 1.165) is 11.1 Å². The Hall–Kier alpha value is -2.69. The molecule has 124 valence electrons. The van der Waals surface area contributed by atoms with Gasteiger partial charge in [0.2, 0.25) is 0 Å². The Morgan fingerprint density at radius 1 is 1.17 bits per heavy atom. The van der Waals surface area contributed by atoms with Crippen LogP contribution >= 0.6 is 0 Å². The van der Waals surface area contributed by atoms with E-state index in [2.05, 4.69) is 5.32 Å². The van der Waals surface area contributed by atoms with Gasteiger partial charge >= 0.3 is 5.97 Å². The van der Waals surface area contributed by atoms with Crippen LogP contribution < -0.4 is 5.32 Å². The summed E-state index contributed by atoms with van der Waals surface area (Å²) in [6, 6.07) is 9.42. The number of esters is 1. The second-order valence-corrected chi connectivity index (χ2v) is 6.35. The largest absolute Gasteiger partial charge is 0.445 e. The maximum Gasteiger partial charge on any atom is 0.339 e. The molecule has 0 fully saturated rings. The van der Waals surface area contributed by atoms with Crippen molar-refractivity contribution in [1.29, 1.82) is 0 Å². The number of rotatable bonds is 2. The number of carbonyl (C=O) groups is 2. The lowest BCUT2D eigenvalue weighted by Gasteiger charge is -2.33. The first-order valence-electron chi connectivity index (χ1n) is 7.69. The smallest absolute Gasteiger partial charge is 0.339 e. The lowest BCUT2D eigenvalue weighted by Crippen LogP contribution is -2.49. The van der Waals surface area contributed by atoms with Gasteiger partial charge in [-0.25, -0.2) is 9.18 Å². The maximum atomic E-state index is 13.5. The van der Waals surface area contributed by atoms with Crippen LogP contribution in [0.5, 0.6) is 0 Å². The Bertz CT molecular complexity index is 847. The molecule has 0 radical (unpaired) electrons. The molecule has 0 bridgehead atoms. The average Bonchev–Trinajstić information content (AvgIpc) is 2.50. The highest BCUT2D eigenvalue weighted by Gasteiger charge is 2.42. The van der Waals surface area contributed by atoms with Gasteiger partial charge < -0.3 is 10.1 Å². The lowest BCUT2D eigenvalue weighted by atomic mass is 9.89. The van der Waals surface area contributed by atoms with E-state index in [4.69, 9.17) is 4.74 Å². The molecule has 1 aliphatic heterocycles. The summed E-state index contributed by atoms with van der Waals surface area (Å²) in [6.45, 7) is 5.47. The minimum Gasteiger partial charge on any atom is -0.445 e. The Kier molecular flexibility index (Phi) is 3.87. The SMILES string of the molecule is Cc1ccc(NC(=O)C2(C)Cc3cc(F)ccc3C(=O)O2)cc1C. The minimum atomic E-state index is -1.38. The van der Waals surface area contributed by atoms with Gasteiger partial charge in [-0.1, -0.05) is 6.07 Å². The Labute approximate surface area is 139 Å². The molecule has 24 heavy (non-hydrogen) atoms. The molecule has 0 saturated carbocycles. The Morgan fingerprint density at radius 3 is 2.62 bits per heavy atom. The fourth-order valence-electron chi connectivity index (χ4n) is 2.78. The van der Waals surface area contributed by atoms with Gasteiger partial charge in [0, 0.05) is 12.1 Å². The molecule has 0 aliphatic carbocycles. The second kappa shape index (κ2) is 5.74. The average molecular weight is 327 g/mol. The standard InChI is InChI=1S/C19H18FNO3/c1-11-4-6-15(8-12(11)2)21-18(23)19(3)10-13-9-14(20)5-7-16(13)17(22)24-19/h4-9H,10H2,1-3H3,(H,21,23). The quantitative estimate of drug-likeness (QED) is 0.858. The molecule has 1 heterocycles. The number of anilines is 1. The number of carbonyl (C=O) groups excluding carboxylic acids is 2. The number of benzene rings is 2. The number of fused-ring (bicyclic) bond motifs is 1. The zero-order valence-electron chi connectivity index (χ0n) is 13.8.